The number of hydrogen-bond donors (Lipinski definition) is 0. The highest BCUT2D eigenvalue weighted by atomic mass is 32.2. The van der Waals surface area contributed by atoms with Gasteiger partial charge in [-0.1, -0.05) is 48.5 Å². The molecule has 110 valence electrons. The molecular weight excluding hydrogens is 282 g/mol. The van der Waals surface area contributed by atoms with Crippen molar-refractivity contribution in [2.75, 3.05) is 20.6 Å². The summed E-state index contributed by atoms with van der Waals surface area (Å²) in [4.78, 5) is 1.94. The first kappa shape index (κ1) is 14.3. The van der Waals surface area contributed by atoms with Crippen molar-refractivity contribution in [1.82, 2.24) is 4.90 Å². The van der Waals surface area contributed by atoms with Crippen LogP contribution in [-0.4, -0.2) is 34.0 Å². The molecule has 4 heteroatoms. The molecule has 3 rings (SSSR count). The second kappa shape index (κ2) is 5.28. The molecule has 1 atom stereocenters. The highest BCUT2D eigenvalue weighted by Crippen LogP contribution is 2.40. The second-order valence-corrected chi connectivity index (χ2v) is 7.99. The van der Waals surface area contributed by atoms with Gasteiger partial charge in [-0.15, -0.1) is 0 Å². The van der Waals surface area contributed by atoms with E-state index in [0.29, 0.717) is 6.54 Å². The Labute approximate surface area is 126 Å². The average molecular weight is 301 g/mol. The average Bonchev–Trinajstić information content (AvgIpc) is 2.53. The van der Waals surface area contributed by atoms with E-state index < -0.39 is 15.1 Å². The molecule has 2 aromatic rings. The van der Waals surface area contributed by atoms with Crippen molar-refractivity contribution in [3.63, 3.8) is 0 Å². The van der Waals surface area contributed by atoms with Gasteiger partial charge in [0.1, 0.15) is 0 Å². The van der Waals surface area contributed by atoms with Crippen molar-refractivity contribution in [2.45, 2.75) is 11.0 Å². The van der Waals surface area contributed by atoms with Gasteiger partial charge in [-0.3, -0.25) is 0 Å². The highest BCUT2D eigenvalue weighted by Gasteiger charge is 2.33. The summed E-state index contributed by atoms with van der Waals surface area (Å²) in [5, 5.41) is -0.476. The van der Waals surface area contributed by atoms with Crippen LogP contribution in [0.4, 0.5) is 0 Å². The fourth-order valence-corrected chi connectivity index (χ4v) is 4.99. The maximum atomic E-state index is 12.8. The predicted octanol–water partition coefficient (Wildman–Crippen LogP) is 2.88. The molecular formula is C17H19NO2S. The fourth-order valence-electron chi connectivity index (χ4n) is 2.99. The molecule has 0 radical (unpaired) electrons. The molecule has 0 bridgehead atoms. The minimum absolute atomic E-state index is 0.107. The number of benzene rings is 2. The number of sulfone groups is 1. The predicted molar refractivity (Wildman–Crippen MR) is 85.8 cm³/mol. The Balaban J connectivity index is 2.28. The molecule has 1 heterocycles. The van der Waals surface area contributed by atoms with Gasteiger partial charge in [0.15, 0.2) is 9.84 Å². The van der Waals surface area contributed by atoms with Gasteiger partial charge >= 0.3 is 0 Å². The van der Waals surface area contributed by atoms with Crippen LogP contribution in [0.2, 0.25) is 0 Å². The third-order valence-corrected chi connectivity index (χ3v) is 5.92. The fraction of sp³-hybridized carbons (Fsp3) is 0.294. The third-order valence-electron chi connectivity index (χ3n) is 3.94. The zero-order valence-electron chi connectivity index (χ0n) is 12.3. The molecule has 21 heavy (non-hydrogen) atoms. The van der Waals surface area contributed by atoms with Gasteiger partial charge in [0.05, 0.1) is 11.0 Å². The summed E-state index contributed by atoms with van der Waals surface area (Å²) < 4.78 is 25.7. The molecule has 0 spiro atoms. The van der Waals surface area contributed by atoms with Crippen LogP contribution < -0.4 is 0 Å². The van der Waals surface area contributed by atoms with E-state index in [4.69, 9.17) is 0 Å². The standard InChI is InChI=1S/C17H19NO2S/c1-18(2)11-17-16-10-6-5-9-15(16)14-8-4-3-7-13(14)12-21(17,19)20/h3-10,17H,11-12H2,1-2H3/t17-/m0/s1. The van der Waals surface area contributed by atoms with Crippen molar-refractivity contribution in [1.29, 1.82) is 0 Å². The molecule has 0 unspecified atom stereocenters. The normalized spacial score (nSPS) is 19.7. The molecule has 0 fully saturated rings. The van der Waals surface area contributed by atoms with E-state index in [1.54, 1.807) is 0 Å². The molecule has 0 amide bonds. The van der Waals surface area contributed by atoms with E-state index in [2.05, 4.69) is 0 Å². The van der Waals surface area contributed by atoms with Crippen LogP contribution in [0.3, 0.4) is 0 Å². The van der Waals surface area contributed by atoms with Crippen LogP contribution in [0.5, 0.6) is 0 Å². The summed E-state index contributed by atoms with van der Waals surface area (Å²) in [5.41, 5.74) is 3.89. The molecule has 2 aromatic carbocycles. The lowest BCUT2D eigenvalue weighted by Gasteiger charge is -2.21. The first-order valence-corrected chi connectivity index (χ1v) is 8.74. The molecule has 1 aliphatic heterocycles. The van der Waals surface area contributed by atoms with Gasteiger partial charge in [0, 0.05) is 6.54 Å². The third kappa shape index (κ3) is 2.61. The van der Waals surface area contributed by atoms with Gasteiger partial charge in [0.25, 0.3) is 0 Å². The number of likely N-dealkylation sites (N-methyl/N-ethyl adjacent to an activating group) is 1. The summed E-state index contributed by atoms with van der Waals surface area (Å²) >= 11 is 0. The first-order chi connectivity index (χ1) is 9.99. The van der Waals surface area contributed by atoms with E-state index in [1.807, 2.05) is 67.5 Å². The summed E-state index contributed by atoms with van der Waals surface area (Å²) in [6, 6.07) is 15.7. The largest absolute Gasteiger partial charge is 0.308 e. The van der Waals surface area contributed by atoms with Crippen molar-refractivity contribution in [3.05, 3.63) is 59.7 Å². The van der Waals surface area contributed by atoms with E-state index >= 15 is 0 Å². The lowest BCUT2D eigenvalue weighted by Crippen LogP contribution is -2.26. The molecule has 1 aliphatic rings. The molecule has 0 saturated heterocycles. The van der Waals surface area contributed by atoms with Gasteiger partial charge in [-0.05, 0) is 36.3 Å². The Hall–Kier alpha value is -1.65. The molecule has 0 aliphatic carbocycles. The topological polar surface area (TPSA) is 37.4 Å². The van der Waals surface area contributed by atoms with Crippen LogP contribution in [0.15, 0.2) is 48.5 Å². The summed E-state index contributed by atoms with van der Waals surface area (Å²) in [6.07, 6.45) is 0. The van der Waals surface area contributed by atoms with Crippen LogP contribution in [-0.2, 0) is 15.6 Å². The van der Waals surface area contributed by atoms with Gasteiger partial charge in [-0.25, -0.2) is 8.42 Å². The van der Waals surface area contributed by atoms with Gasteiger partial charge in [0.2, 0.25) is 0 Å². The molecule has 3 nitrogen and oxygen atoms in total. The maximum Gasteiger partial charge on any atom is 0.162 e. The Morgan fingerprint density at radius 2 is 1.62 bits per heavy atom. The van der Waals surface area contributed by atoms with E-state index in [1.165, 1.54) is 0 Å². The van der Waals surface area contributed by atoms with Crippen LogP contribution in [0.1, 0.15) is 16.4 Å². The molecule has 0 N–H and O–H groups in total. The number of hydrogen-bond acceptors (Lipinski definition) is 3. The van der Waals surface area contributed by atoms with Crippen molar-refractivity contribution in [3.8, 4) is 11.1 Å². The van der Waals surface area contributed by atoms with E-state index in [-0.39, 0.29) is 5.75 Å². The van der Waals surface area contributed by atoms with Crippen LogP contribution in [0.25, 0.3) is 11.1 Å². The van der Waals surface area contributed by atoms with Gasteiger partial charge in [-0.2, -0.15) is 0 Å². The minimum Gasteiger partial charge on any atom is -0.308 e. The summed E-state index contributed by atoms with van der Waals surface area (Å²) in [5.74, 6) is 0.107. The minimum atomic E-state index is -3.22. The van der Waals surface area contributed by atoms with Crippen LogP contribution in [0, 0.1) is 0 Å². The maximum absolute atomic E-state index is 12.8. The van der Waals surface area contributed by atoms with Crippen molar-refractivity contribution < 1.29 is 8.42 Å². The van der Waals surface area contributed by atoms with Crippen molar-refractivity contribution in [2.24, 2.45) is 0 Å². The van der Waals surface area contributed by atoms with E-state index in [0.717, 1.165) is 22.3 Å². The highest BCUT2D eigenvalue weighted by molar-refractivity contribution is 7.90. The SMILES string of the molecule is CN(C)C[C@H]1c2ccccc2-c2ccccc2CS1(=O)=O. The quantitative estimate of drug-likeness (QED) is 0.856. The number of rotatable bonds is 2. The zero-order chi connectivity index (χ0) is 15.0. The first-order valence-electron chi connectivity index (χ1n) is 7.02. The lowest BCUT2D eigenvalue weighted by molar-refractivity contribution is 0.402. The van der Waals surface area contributed by atoms with Gasteiger partial charge < -0.3 is 4.90 Å². The second-order valence-electron chi connectivity index (χ2n) is 5.80. The molecule has 0 saturated carbocycles. The lowest BCUT2D eigenvalue weighted by atomic mass is 9.94. The summed E-state index contributed by atoms with van der Waals surface area (Å²) in [6.45, 7) is 0.507. The smallest absolute Gasteiger partial charge is 0.162 e. The Bertz CT molecular complexity index is 766. The van der Waals surface area contributed by atoms with Crippen LogP contribution >= 0.6 is 0 Å². The number of fused-ring (bicyclic) bond motifs is 3. The van der Waals surface area contributed by atoms with Crippen molar-refractivity contribution >= 4 is 9.84 Å². The van der Waals surface area contributed by atoms with E-state index in [9.17, 15) is 8.42 Å². The Morgan fingerprint density at radius 3 is 2.33 bits per heavy atom. The zero-order valence-corrected chi connectivity index (χ0v) is 13.1. The molecule has 0 aromatic heterocycles. The Kier molecular flexibility index (Phi) is 3.59. The number of nitrogens with zero attached hydrogens (tertiary/aromatic N) is 1. The summed E-state index contributed by atoms with van der Waals surface area (Å²) in [7, 11) is 0.602. The monoisotopic (exact) mass is 301 g/mol. The Morgan fingerprint density at radius 1 is 1.00 bits per heavy atom.